The number of aliphatic imine (C=N–C) groups is 1. The van der Waals surface area contributed by atoms with Crippen LogP contribution in [-0.4, -0.2) is 19.0 Å². The molecule has 1 aliphatic rings. The Morgan fingerprint density at radius 1 is 1.15 bits per heavy atom. The Morgan fingerprint density at radius 2 is 1.96 bits per heavy atom. The van der Waals surface area contributed by atoms with Crippen molar-refractivity contribution in [2.75, 3.05) is 7.11 Å². The number of hydrogen-bond donors (Lipinski definition) is 0. The monoisotopic (exact) mass is 425 g/mol. The Morgan fingerprint density at radius 3 is 2.74 bits per heavy atom. The van der Waals surface area contributed by atoms with E-state index in [1.54, 1.807) is 49.6 Å². The van der Waals surface area contributed by atoms with Crippen LogP contribution in [0.4, 0.5) is 0 Å². The molecule has 1 aliphatic heterocycles. The third-order valence-electron chi connectivity index (χ3n) is 4.03. The van der Waals surface area contributed by atoms with Gasteiger partial charge in [0.2, 0.25) is 5.90 Å². The van der Waals surface area contributed by atoms with E-state index < -0.39 is 5.97 Å². The number of esters is 1. The summed E-state index contributed by atoms with van der Waals surface area (Å²) in [5.74, 6) is 0.159. The Hall–Kier alpha value is -3.19. The molecule has 0 unspecified atom stereocenters. The lowest BCUT2D eigenvalue weighted by molar-refractivity contribution is -0.129. The van der Waals surface area contributed by atoms with Crippen LogP contribution in [0.5, 0.6) is 5.75 Å². The van der Waals surface area contributed by atoms with Crippen molar-refractivity contribution in [1.82, 2.24) is 0 Å². The van der Waals surface area contributed by atoms with E-state index in [1.165, 1.54) is 12.3 Å². The van der Waals surface area contributed by atoms with Gasteiger partial charge in [-0.1, -0.05) is 12.1 Å². The minimum Gasteiger partial charge on any atom is -0.497 e. The van der Waals surface area contributed by atoms with Crippen molar-refractivity contribution in [1.29, 1.82) is 0 Å². The molecule has 7 heteroatoms. The summed E-state index contributed by atoms with van der Waals surface area (Å²) in [6, 6.07) is 12.1. The summed E-state index contributed by atoms with van der Waals surface area (Å²) in [5, 5.41) is 0.431. The molecule has 1 aromatic heterocycles. The molecule has 0 saturated heterocycles. The molecule has 0 saturated carbocycles. The highest BCUT2D eigenvalue weighted by atomic mass is 79.9. The molecular weight excluding hydrogens is 414 g/mol. The number of rotatable bonds is 3. The first-order valence-corrected chi connectivity index (χ1v) is 8.73. The number of benzene rings is 2. The summed E-state index contributed by atoms with van der Waals surface area (Å²) < 4.78 is 16.5. The van der Waals surface area contributed by atoms with Gasteiger partial charge in [-0.2, -0.15) is 0 Å². The van der Waals surface area contributed by atoms with E-state index in [1.807, 2.05) is 0 Å². The zero-order chi connectivity index (χ0) is 19.0. The van der Waals surface area contributed by atoms with E-state index in [-0.39, 0.29) is 22.6 Å². The van der Waals surface area contributed by atoms with Crippen LogP contribution in [0.1, 0.15) is 11.1 Å². The van der Waals surface area contributed by atoms with Gasteiger partial charge in [0.25, 0.3) is 0 Å². The SMILES string of the molecule is COc1ccc(C2=NC(=Cc3coc4ccccc4c3=O)C(=O)O2)c(Br)c1. The second-order valence-electron chi connectivity index (χ2n) is 5.70. The maximum Gasteiger partial charge on any atom is 0.363 e. The van der Waals surface area contributed by atoms with Crippen molar-refractivity contribution >= 4 is 44.8 Å². The molecule has 0 fully saturated rings. The van der Waals surface area contributed by atoms with Gasteiger partial charge in [-0.05, 0) is 52.3 Å². The molecule has 2 aromatic carbocycles. The maximum absolute atomic E-state index is 12.6. The molecule has 27 heavy (non-hydrogen) atoms. The zero-order valence-electron chi connectivity index (χ0n) is 14.1. The largest absolute Gasteiger partial charge is 0.497 e. The van der Waals surface area contributed by atoms with Crippen LogP contribution in [0, 0.1) is 0 Å². The predicted octanol–water partition coefficient (Wildman–Crippen LogP) is 3.91. The quantitative estimate of drug-likeness (QED) is 0.469. The van der Waals surface area contributed by atoms with Gasteiger partial charge in [-0.15, -0.1) is 0 Å². The third kappa shape index (κ3) is 3.17. The van der Waals surface area contributed by atoms with Gasteiger partial charge in [-0.3, -0.25) is 4.79 Å². The molecule has 0 N–H and O–H groups in total. The first-order valence-electron chi connectivity index (χ1n) is 7.94. The van der Waals surface area contributed by atoms with Crippen LogP contribution < -0.4 is 10.2 Å². The van der Waals surface area contributed by atoms with E-state index in [0.717, 1.165) is 0 Å². The second kappa shape index (κ2) is 6.85. The molecule has 134 valence electrons. The molecule has 0 spiro atoms. The number of carbonyl (C=O) groups is 1. The molecule has 0 amide bonds. The van der Waals surface area contributed by atoms with Crippen molar-refractivity contribution in [3.8, 4) is 5.75 Å². The van der Waals surface area contributed by atoms with Crippen LogP contribution in [-0.2, 0) is 9.53 Å². The highest BCUT2D eigenvalue weighted by Crippen LogP contribution is 2.27. The number of methoxy groups -OCH3 is 1. The van der Waals surface area contributed by atoms with E-state index in [9.17, 15) is 9.59 Å². The number of ether oxygens (including phenoxy) is 2. The standard InChI is InChI=1S/C20H12BrNO5/c1-25-12-6-7-13(15(21)9-12)19-22-16(20(24)27-19)8-11-10-26-17-5-3-2-4-14(17)18(11)23/h2-10H,1H3. The summed E-state index contributed by atoms with van der Waals surface area (Å²) >= 11 is 3.41. The van der Waals surface area contributed by atoms with Crippen LogP contribution in [0.15, 0.2) is 73.1 Å². The van der Waals surface area contributed by atoms with E-state index in [4.69, 9.17) is 13.9 Å². The molecule has 0 aliphatic carbocycles. The maximum atomic E-state index is 12.6. The Bertz CT molecular complexity index is 1190. The average Bonchev–Trinajstić information content (AvgIpc) is 3.04. The Labute approximate surface area is 161 Å². The van der Waals surface area contributed by atoms with Crippen molar-refractivity contribution in [3.63, 3.8) is 0 Å². The number of halogens is 1. The summed E-state index contributed by atoms with van der Waals surface area (Å²) in [7, 11) is 1.56. The molecule has 2 heterocycles. The second-order valence-corrected chi connectivity index (χ2v) is 6.55. The van der Waals surface area contributed by atoms with E-state index in [0.29, 0.717) is 26.8 Å². The van der Waals surface area contributed by atoms with Crippen LogP contribution in [0.3, 0.4) is 0 Å². The Kier molecular flexibility index (Phi) is 4.37. The highest BCUT2D eigenvalue weighted by molar-refractivity contribution is 9.10. The van der Waals surface area contributed by atoms with Crippen molar-refractivity contribution < 1.29 is 18.7 Å². The lowest BCUT2D eigenvalue weighted by Gasteiger charge is -2.05. The fourth-order valence-corrected chi connectivity index (χ4v) is 3.19. The first kappa shape index (κ1) is 17.2. The van der Waals surface area contributed by atoms with Gasteiger partial charge >= 0.3 is 5.97 Å². The minimum absolute atomic E-state index is 0.0234. The van der Waals surface area contributed by atoms with Crippen molar-refractivity contribution in [3.05, 3.63) is 80.2 Å². The van der Waals surface area contributed by atoms with Gasteiger partial charge < -0.3 is 13.9 Å². The van der Waals surface area contributed by atoms with Crippen molar-refractivity contribution in [2.45, 2.75) is 0 Å². The number of cyclic esters (lactones) is 1. The van der Waals surface area contributed by atoms with E-state index >= 15 is 0 Å². The van der Waals surface area contributed by atoms with Gasteiger partial charge in [0.05, 0.1) is 23.6 Å². The first-order chi connectivity index (χ1) is 13.1. The van der Waals surface area contributed by atoms with Crippen LogP contribution in [0.2, 0.25) is 0 Å². The van der Waals surface area contributed by atoms with Gasteiger partial charge in [0.1, 0.15) is 17.6 Å². The van der Waals surface area contributed by atoms with E-state index in [2.05, 4.69) is 20.9 Å². The normalized spacial score (nSPS) is 15.1. The third-order valence-corrected chi connectivity index (χ3v) is 4.68. The molecule has 3 aromatic rings. The smallest absolute Gasteiger partial charge is 0.363 e. The number of nitrogens with zero attached hydrogens (tertiary/aromatic N) is 1. The van der Waals surface area contributed by atoms with Crippen LogP contribution >= 0.6 is 15.9 Å². The molecular formula is C20H12BrNO5. The molecule has 6 nitrogen and oxygen atoms in total. The van der Waals surface area contributed by atoms with Gasteiger partial charge in [0.15, 0.2) is 11.1 Å². The topological polar surface area (TPSA) is 78.1 Å². The van der Waals surface area contributed by atoms with Gasteiger partial charge in [-0.25, -0.2) is 9.79 Å². The molecule has 0 radical (unpaired) electrons. The summed E-state index contributed by atoms with van der Waals surface area (Å²) in [6.45, 7) is 0. The highest BCUT2D eigenvalue weighted by Gasteiger charge is 2.26. The number of carbonyl (C=O) groups excluding carboxylic acids is 1. The minimum atomic E-state index is -0.639. The summed E-state index contributed by atoms with van der Waals surface area (Å²) in [5.41, 5.74) is 1.07. The Balaban J connectivity index is 1.75. The molecule has 0 atom stereocenters. The lowest BCUT2D eigenvalue weighted by atomic mass is 10.1. The number of para-hydroxylation sites is 1. The lowest BCUT2D eigenvalue weighted by Crippen LogP contribution is -2.07. The number of fused-ring (bicyclic) bond motifs is 1. The summed E-state index contributed by atoms with van der Waals surface area (Å²) in [4.78, 5) is 29.0. The molecule has 0 bridgehead atoms. The zero-order valence-corrected chi connectivity index (χ0v) is 15.6. The fourth-order valence-electron chi connectivity index (χ4n) is 2.66. The fraction of sp³-hybridized carbons (Fsp3) is 0.0500. The number of hydrogen-bond acceptors (Lipinski definition) is 6. The van der Waals surface area contributed by atoms with Crippen LogP contribution in [0.25, 0.3) is 17.0 Å². The predicted molar refractivity (Wildman–Crippen MR) is 104 cm³/mol. The molecule has 4 rings (SSSR count). The van der Waals surface area contributed by atoms with Gasteiger partial charge in [0, 0.05) is 4.47 Å². The van der Waals surface area contributed by atoms with Crippen molar-refractivity contribution in [2.24, 2.45) is 4.99 Å². The average molecular weight is 426 g/mol. The summed E-state index contributed by atoms with van der Waals surface area (Å²) in [6.07, 6.45) is 2.67.